The van der Waals surface area contributed by atoms with Crippen LogP contribution in [0.5, 0.6) is 0 Å². The van der Waals surface area contributed by atoms with Crippen LogP contribution in [-0.2, 0) is 23.9 Å². The first-order valence-electron chi connectivity index (χ1n) is 11.9. The Morgan fingerprint density at radius 3 is 2.30 bits per heavy atom. The monoisotopic (exact) mass is 418 g/mol. The van der Waals surface area contributed by atoms with E-state index in [4.69, 9.17) is 9.47 Å². The number of rotatable bonds is 2. The highest BCUT2D eigenvalue weighted by molar-refractivity contribution is 5.91. The van der Waals surface area contributed by atoms with Crippen molar-refractivity contribution in [2.75, 3.05) is 0 Å². The van der Waals surface area contributed by atoms with Crippen LogP contribution < -0.4 is 0 Å². The van der Waals surface area contributed by atoms with E-state index < -0.39 is 5.60 Å². The number of hydrogen-bond donors (Lipinski definition) is 0. The molecule has 4 rings (SSSR count). The minimum Gasteiger partial charge on any atom is -0.463 e. The van der Waals surface area contributed by atoms with Crippen LogP contribution in [-0.4, -0.2) is 29.4 Å². The van der Waals surface area contributed by atoms with Gasteiger partial charge < -0.3 is 9.47 Å². The van der Waals surface area contributed by atoms with Crippen molar-refractivity contribution >= 4 is 17.7 Å². The molecule has 0 unspecified atom stereocenters. The van der Waals surface area contributed by atoms with Crippen molar-refractivity contribution in [1.29, 1.82) is 0 Å². The zero-order valence-corrected chi connectivity index (χ0v) is 19.3. The Balaban J connectivity index is 1.59. The summed E-state index contributed by atoms with van der Waals surface area (Å²) in [6, 6.07) is 0. The van der Waals surface area contributed by atoms with Crippen LogP contribution in [0, 0.1) is 34.5 Å². The third-order valence-corrected chi connectivity index (χ3v) is 9.99. The van der Waals surface area contributed by atoms with E-state index in [1.807, 2.05) is 6.92 Å². The fourth-order valence-corrected chi connectivity index (χ4v) is 8.31. The number of fused-ring (bicyclic) bond motifs is 5. The molecule has 4 aliphatic rings. The second kappa shape index (κ2) is 7.34. The molecule has 0 aliphatic heterocycles. The van der Waals surface area contributed by atoms with Crippen molar-refractivity contribution in [3.8, 4) is 0 Å². The Hall–Kier alpha value is -1.39. The van der Waals surface area contributed by atoms with Gasteiger partial charge in [0, 0.05) is 25.7 Å². The van der Waals surface area contributed by atoms with Crippen LogP contribution in [0.25, 0.3) is 0 Å². The molecule has 0 bridgehead atoms. The lowest BCUT2D eigenvalue weighted by atomic mass is 9.41. The Bertz CT molecular complexity index is 746. The highest BCUT2D eigenvalue weighted by atomic mass is 16.6. The van der Waals surface area contributed by atoms with E-state index in [9.17, 15) is 14.4 Å². The minimum absolute atomic E-state index is 0.0746. The molecule has 0 spiro atoms. The van der Waals surface area contributed by atoms with Crippen LogP contribution in [0.3, 0.4) is 0 Å². The van der Waals surface area contributed by atoms with Crippen molar-refractivity contribution < 1.29 is 23.9 Å². The summed E-state index contributed by atoms with van der Waals surface area (Å²) in [5, 5.41) is 0. The van der Waals surface area contributed by atoms with Gasteiger partial charge in [-0.15, -0.1) is 0 Å². The molecule has 4 aliphatic carbocycles. The van der Waals surface area contributed by atoms with Gasteiger partial charge in [-0.05, 0) is 87.4 Å². The molecule has 0 aromatic carbocycles. The smallest absolute Gasteiger partial charge is 0.303 e. The third kappa shape index (κ3) is 3.14. The third-order valence-electron chi connectivity index (χ3n) is 9.99. The second-order valence-electron chi connectivity index (χ2n) is 11.2. The molecule has 8 atom stereocenters. The summed E-state index contributed by atoms with van der Waals surface area (Å²) in [6.07, 6.45) is 8.93. The molecule has 0 N–H and O–H groups in total. The minimum atomic E-state index is -1.00. The molecular formula is C25H38O5. The second-order valence-corrected chi connectivity index (χ2v) is 11.2. The molecular weight excluding hydrogens is 380 g/mol. The van der Waals surface area contributed by atoms with Gasteiger partial charge in [0.05, 0.1) is 0 Å². The van der Waals surface area contributed by atoms with Crippen molar-refractivity contribution in [1.82, 2.24) is 0 Å². The average Bonchev–Trinajstić information content (AvgIpc) is 2.65. The SMILES string of the molecule is CC(=O)O[C@@H]1CC[C@@]2(C)[C@@H](CC[C@H]3[C@H]4CCC(=O)[C@@](C)(OC(C)=O)[C@]4(C)CC[C@@H]32)C1. The van der Waals surface area contributed by atoms with Gasteiger partial charge in [-0.25, -0.2) is 0 Å². The van der Waals surface area contributed by atoms with Gasteiger partial charge in [-0.2, -0.15) is 0 Å². The summed E-state index contributed by atoms with van der Waals surface area (Å²) in [4.78, 5) is 36.3. The molecule has 0 aromatic heterocycles. The standard InChI is InChI=1S/C25H38O5/c1-15(26)29-18-10-12-23(3)17(14-18)6-7-19-20(23)11-13-24(4)21(19)8-9-22(28)25(24,5)30-16(2)27/h17-21H,6-14H2,1-5H3/t17-,18+,19+,20-,21+,23-,24+,25+/m0/s1. The summed E-state index contributed by atoms with van der Waals surface area (Å²) < 4.78 is 11.4. The number of Topliss-reactive ketones (excluding diaryl/α,β-unsaturated/α-hetero) is 1. The molecule has 5 heteroatoms. The molecule has 30 heavy (non-hydrogen) atoms. The maximum atomic E-state index is 13.0. The van der Waals surface area contributed by atoms with Gasteiger partial charge in [-0.3, -0.25) is 14.4 Å². The summed E-state index contributed by atoms with van der Waals surface area (Å²) in [7, 11) is 0. The quantitative estimate of drug-likeness (QED) is 0.600. The first-order chi connectivity index (χ1) is 14.0. The molecule has 4 saturated carbocycles. The lowest BCUT2D eigenvalue weighted by Gasteiger charge is -2.65. The van der Waals surface area contributed by atoms with Gasteiger partial charge in [-0.1, -0.05) is 13.8 Å². The summed E-state index contributed by atoms with van der Waals surface area (Å²) in [6.45, 7) is 9.49. The van der Waals surface area contributed by atoms with E-state index in [-0.39, 0.29) is 34.7 Å². The Morgan fingerprint density at radius 1 is 0.900 bits per heavy atom. The van der Waals surface area contributed by atoms with Gasteiger partial charge in [0.25, 0.3) is 0 Å². The van der Waals surface area contributed by atoms with E-state index in [1.165, 1.54) is 26.7 Å². The number of carbonyl (C=O) groups excluding carboxylic acids is 3. The van der Waals surface area contributed by atoms with Crippen LogP contribution in [0.1, 0.15) is 92.4 Å². The average molecular weight is 419 g/mol. The first-order valence-corrected chi connectivity index (χ1v) is 11.9. The Labute approximate surface area is 180 Å². The highest BCUT2D eigenvalue weighted by Crippen LogP contribution is 2.67. The highest BCUT2D eigenvalue weighted by Gasteiger charge is 2.65. The fraction of sp³-hybridized carbons (Fsp3) is 0.880. The normalized spacial score (nSPS) is 48.0. The number of esters is 2. The summed E-state index contributed by atoms with van der Waals surface area (Å²) >= 11 is 0. The van der Waals surface area contributed by atoms with Crippen LogP contribution in [0.15, 0.2) is 0 Å². The molecule has 0 saturated heterocycles. The van der Waals surface area contributed by atoms with Gasteiger partial charge in [0.2, 0.25) is 0 Å². The van der Waals surface area contributed by atoms with Crippen LogP contribution >= 0.6 is 0 Å². The summed E-state index contributed by atoms with van der Waals surface area (Å²) in [5.74, 6) is 1.82. The fourth-order valence-electron chi connectivity index (χ4n) is 8.31. The molecule has 168 valence electrons. The van der Waals surface area contributed by atoms with Gasteiger partial charge in [0.15, 0.2) is 11.4 Å². The predicted molar refractivity (Wildman–Crippen MR) is 112 cm³/mol. The number of ketones is 1. The van der Waals surface area contributed by atoms with Crippen LogP contribution in [0.4, 0.5) is 0 Å². The van der Waals surface area contributed by atoms with Crippen molar-refractivity contribution in [3.63, 3.8) is 0 Å². The first kappa shape index (κ1) is 21.8. The van der Waals surface area contributed by atoms with Crippen LogP contribution in [0.2, 0.25) is 0 Å². The van der Waals surface area contributed by atoms with Gasteiger partial charge >= 0.3 is 11.9 Å². The topological polar surface area (TPSA) is 69.7 Å². The number of carbonyl (C=O) groups is 3. The maximum Gasteiger partial charge on any atom is 0.303 e. The lowest BCUT2D eigenvalue weighted by molar-refractivity contribution is -0.215. The Kier molecular flexibility index (Phi) is 5.34. The van der Waals surface area contributed by atoms with Crippen molar-refractivity contribution in [2.24, 2.45) is 34.5 Å². The molecule has 0 heterocycles. The van der Waals surface area contributed by atoms with E-state index in [2.05, 4.69) is 13.8 Å². The van der Waals surface area contributed by atoms with Crippen molar-refractivity contribution in [3.05, 3.63) is 0 Å². The van der Waals surface area contributed by atoms with E-state index in [0.29, 0.717) is 30.1 Å². The lowest BCUT2D eigenvalue weighted by Crippen LogP contribution is -2.65. The molecule has 0 aromatic rings. The van der Waals surface area contributed by atoms with Gasteiger partial charge in [0.1, 0.15) is 6.10 Å². The molecule has 4 fully saturated rings. The largest absolute Gasteiger partial charge is 0.463 e. The zero-order chi connectivity index (χ0) is 21.9. The number of hydrogen-bond acceptors (Lipinski definition) is 5. The van der Waals surface area contributed by atoms with E-state index in [1.54, 1.807) is 0 Å². The molecule has 5 nitrogen and oxygen atoms in total. The Morgan fingerprint density at radius 2 is 1.63 bits per heavy atom. The predicted octanol–water partition coefficient (Wildman–Crippen LogP) is 4.85. The molecule has 0 amide bonds. The molecule has 0 radical (unpaired) electrons. The van der Waals surface area contributed by atoms with E-state index in [0.717, 1.165) is 38.5 Å². The van der Waals surface area contributed by atoms with E-state index >= 15 is 0 Å². The summed E-state index contributed by atoms with van der Waals surface area (Å²) in [5.41, 5.74) is -1.01. The maximum absolute atomic E-state index is 13.0. The van der Waals surface area contributed by atoms with Crippen molar-refractivity contribution in [2.45, 2.75) is 104 Å². The zero-order valence-electron chi connectivity index (χ0n) is 19.3. The number of ether oxygens (including phenoxy) is 2.